The number of aromatic hydroxyl groups is 1. The molecule has 2 rings (SSSR count). The van der Waals surface area contributed by atoms with Crippen LogP contribution in [0, 0.1) is 0 Å². The van der Waals surface area contributed by atoms with E-state index >= 15 is 0 Å². The number of pyridine rings is 1. The number of hydrogen-bond acceptors (Lipinski definition) is 4. The molecule has 0 radical (unpaired) electrons. The van der Waals surface area contributed by atoms with Crippen LogP contribution in [0.15, 0.2) is 12.3 Å². The molecular formula is C11H14F3N3O. The van der Waals surface area contributed by atoms with Gasteiger partial charge >= 0.3 is 6.18 Å². The first kappa shape index (κ1) is 12.9. The van der Waals surface area contributed by atoms with E-state index in [1.54, 1.807) is 4.90 Å². The van der Waals surface area contributed by atoms with Gasteiger partial charge in [-0.3, -0.25) is 0 Å². The molecule has 0 amide bonds. The van der Waals surface area contributed by atoms with Gasteiger partial charge in [0, 0.05) is 25.8 Å². The van der Waals surface area contributed by atoms with Crippen LogP contribution in [0.2, 0.25) is 0 Å². The summed E-state index contributed by atoms with van der Waals surface area (Å²) in [5.74, 6) is -0.210. The van der Waals surface area contributed by atoms with E-state index in [4.69, 9.17) is 0 Å². The molecule has 1 aliphatic rings. The highest BCUT2D eigenvalue weighted by Gasteiger charge is 2.32. The molecule has 0 aromatic carbocycles. The zero-order chi connectivity index (χ0) is 13.2. The third-order valence-electron chi connectivity index (χ3n) is 2.81. The van der Waals surface area contributed by atoms with E-state index in [0.717, 1.165) is 31.8 Å². The van der Waals surface area contributed by atoms with Gasteiger partial charge in [0.25, 0.3) is 0 Å². The van der Waals surface area contributed by atoms with Crippen molar-refractivity contribution in [1.82, 2.24) is 10.3 Å². The molecule has 1 aliphatic heterocycles. The Kier molecular flexibility index (Phi) is 3.60. The Morgan fingerprint density at radius 2 is 2.06 bits per heavy atom. The molecule has 7 heteroatoms. The van der Waals surface area contributed by atoms with Crippen molar-refractivity contribution in [2.75, 3.05) is 31.1 Å². The van der Waals surface area contributed by atoms with Crippen LogP contribution in [0.1, 0.15) is 12.0 Å². The first-order chi connectivity index (χ1) is 8.48. The predicted molar refractivity (Wildman–Crippen MR) is 60.6 cm³/mol. The summed E-state index contributed by atoms with van der Waals surface area (Å²) in [6, 6.07) is 0.723. The second-order valence-corrected chi connectivity index (χ2v) is 4.16. The Morgan fingerprint density at radius 3 is 2.72 bits per heavy atom. The summed E-state index contributed by atoms with van der Waals surface area (Å²) < 4.78 is 37.3. The van der Waals surface area contributed by atoms with Crippen molar-refractivity contribution < 1.29 is 18.3 Å². The van der Waals surface area contributed by atoms with E-state index in [2.05, 4.69) is 10.3 Å². The Balaban J connectivity index is 2.23. The Morgan fingerprint density at radius 1 is 1.28 bits per heavy atom. The average molecular weight is 261 g/mol. The second kappa shape index (κ2) is 5.01. The minimum Gasteiger partial charge on any atom is -0.504 e. The third-order valence-corrected chi connectivity index (χ3v) is 2.81. The highest BCUT2D eigenvalue weighted by atomic mass is 19.4. The van der Waals surface area contributed by atoms with Gasteiger partial charge in [-0.15, -0.1) is 0 Å². The van der Waals surface area contributed by atoms with Crippen molar-refractivity contribution in [1.29, 1.82) is 0 Å². The van der Waals surface area contributed by atoms with Crippen molar-refractivity contribution in [3.05, 3.63) is 17.8 Å². The van der Waals surface area contributed by atoms with Crippen molar-refractivity contribution in [3.63, 3.8) is 0 Å². The first-order valence-electron chi connectivity index (χ1n) is 5.70. The Labute approximate surface area is 102 Å². The van der Waals surface area contributed by atoms with Crippen LogP contribution in [0.5, 0.6) is 5.75 Å². The zero-order valence-corrected chi connectivity index (χ0v) is 9.67. The van der Waals surface area contributed by atoms with Crippen LogP contribution in [0.25, 0.3) is 0 Å². The Bertz CT molecular complexity index is 414. The van der Waals surface area contributed by atoms with Gasteiger partial charge in [0.05, 0.1) is 5.56 Å². The fourth-order valence-electron chi connectivity index (χ4n) is 1.90. The molecule has 0 spiro atoms. The molecule has 1 fully saturated rings. The summed E-state index contributed by atoms with van der Waals surface area (Å²) in [7, 11) is 0. The standard InChI is InChI=1S/C11H14F3N3O/c12-11(13,14)8-6-9(18)10(16-7-8)17-4-1-2-15-3-5-17/h6-7,15,18H,1-5H2. The van der Waals surface area contributed by atoms with Gasteiger partial charge in [-0.2, -0.15) is 13.2 Å². The third kappa shape index (κ3) is 2.84. The zero-order valence-electron chi connectivity index (χ0n) is 9.67. The van der Waals surface area contributed by atoms with Gasteiger partial charge in [0.2, 0.25) is 0 Å². The lowest BCUT2D eigenvalue weighted by molar-refractivity contribution is -0.137. The van der Waals surface area contributed by atoms with Crippen molar-refractivity contribution in [3.8, 4) is 5.75 Å². The Hall–Kier alpha value is -1.50. The maximum absolute atomic E-state index is 12.4. The van der Waals surface area contributed by atoms with Crippen molar-refractivity contribution in [2.24, 2.45) is 0 Å². The molecule has 1 saturated heterocycles. The largest absolute Gasteiger partial charge is 0.504 e. The van der Waals surface area contributed by atoms with E-state index in [0.29, 0.717) is 13.1 Å². The van der Waals surface area contributed by atoms with Gasteiger partial charge in [0.1, 0.15) is 0 Å². The van der Waals surface area contributed by atoms with Crippen LogP contribution in [0.3, 0.4) is 0 Å². The van der Waals surface area contributed by atoms with Gasteiger partial charge < -0.3 is 15.3 Å². The first-order valence-corrected chi connectivity index (χ1v) is 5.70. The molecule has 100 valence electrons. The van der Waals surface area contributed by atoms with E-state index in [1.165, 1.54) is 0 Å². The number of alkyl halides is 3. The summed E-state index contributed by atoms with van der Waals surface area (Å²) in [5.41, 5.74) is -0.934. The molecule has 2 heterocycles. The lowest BCUT2D eigenvalue weighted by Crippen LogP contribution is -2.28. The monoisotopic (exact) mass is 261 g/mol. The molecule has 0 unspecified atom stereocenters. The fraction of sp³-hybridized carbons (Fsp3) is 0.545. The van der Waals surface area contributed by atoms with Crippen LogP contribution in [-0.2, 0) is 6.18 Å². The quantitative estimate of drug-likeness (QED) is 0.806. The molecule has 0 atom stereocenters. The minimum absolute atomic E-state index is 0.215. The SMILES string of the molecule is Oc1cc(C(F)(F)F)cnc1N1CCCNCC1. The normalized spacial score (nSPS) is 17.6. The van der Waals surface area contributed by atoms with E-state index in [1.807, 2.05) is 0 Å². The summed E-state index contributed by atoms with van der Waals surface area (Å²) in [6.45, 7) is 2.87. The number of halogens is 3. The number of nitrogens with zero attached hydrogens (tertiary/aromatic N) is 2. The summed E-state index contributed by atoms with van der Waals surface area (Å²) in [4.78, 5) is 5.53. The number of nitrogens with one attached hydrogen (secondary N) is 1. The summed E-state index contributed by atoms with van der Waals surface area (Å²) in [6.07, 6.45) is -2.86. The van der Waals surface area contributed by atoms with Gasteiger partial charge in [-0.05, 0) is 19.0 Å². The maximum Gasteiger partial charge on any atom is 0.418 e. The van der Waals surface area contributed by atoms with Crippen LogP contribution >= 0.6 is 0 Å². The average Bonchev–Trinajstić information content (AvgIpc) is 2.56. The fourth-order valence-corrected chi connectivity index (χ4v) is 1.90. The number of anilines is 1. The number of aromatic nitrogens is 1. The summed E-state index contributed by atoms with van der Waals surface area (Å²) >= 11 is 0. The highest BCUT2D eigenvalue weighted by Crippen LogP contribution is 2.34. The smallest absolute Gasteiger partial charge is 0.418 e. The van der Waals surface area contributed by atoms with Gasteiger partial charge in [-0.25, -0.2) is 4.98 Å². The number of hydrogen-bond donors (Lipinski definition) is 2. The van der Waals surface area contributed by atoms with E-state index in [9.17, 15) is 18.3 Å². The predicted octanol–water partition coefficient (Wildman–Crippen LogP) is 1.61. The molecule has 18 heavy (non-hydrogen) atoms. The van der Waals surface area contributed by atoms with Crippen LogP contribution < -0.4 is 10.2 Å². The van der Waals surface area contributed by atoms with Crippen molar-refractivity contribution >= 4 is 5.82 Å². The van der Waals surface area contributed by atoms with Crippen LogP contribution in [0.4, 0.5) is 19.0 Å². The molecule has 4 nitrogen and oxygen atoms in total. The lowest BCUT2D eigenvalue weighted by Gasteiger charge is -2.22. The van der Waals surface area contributed by atoms with Gasteiger partial charge in [0.15, 0.2) is 11.6 Å². The van der Waals surface area contributed by atoms with Gasteiger partial charge in [-0.1, -0.05) is 0 Å². The maximum atomic E-state index is 12.4. The lowest BCUT2D eigenvalue weighted by atomic mass is 10.2. The molecule has 0 bridgehead atoms. The molecular weight excluding hydrogens is 247 g/mol. The van der Waals surface area contributed by atoms with E-state index < -0.39 is 17.5 Å². The van der Waals surface area contributed by atoms with Crippen molar-refractivity contribution in [2.45, 2.75) is 12.6 Å². The summed E-state index contributed by atoms with van der Waals surface area (Å²) in [5, 5.41) is 12.8. The van der Waals surface area contributed by atoms with Crippen LogP contribution in [-0.4, -0.2) is 36.3 Å². The number of rotatable bonds is 1. The van der Waals surface area contributed by atoms with E-state index in [-0.39, 0.29) is 5.82 Å². The molecule has 1 aromatic rings. The molecule has 1 aromatic heterocycles. The highest BCUT2D eigenvalue weighted by molar-refractivity contribution is 5.53. The molecule has 0 saturated carbocycles. The molecule has 2 N–H and O–H groups in total. The second-order valence-electron chi connectivity index (χ2n) is 4.16. The topological polar surface area (TPSA) is 48.4 Å². The minimum atomic E-state index is -4.48. The molecule has 0 aliphatic carbocycles.